The fourth-order valence-corrected chi connectivity index (χ4v) is 3.14. The molecule has 1 aliphatic carbocycles. The van der Waals surface area contributed by atoms with Gasteiger partial charge in [-0.3, -0.25) is 9.93 Å². The van der Waals surface area contributed by atoms with Gasteiger partial charge >= 0.3 is 0 Å². The highest BCUT2D eigenvalue weighted by atomic mass is 32.2. The molecule has 6 nitrogen and oxygen atoms in total. The third-order valence-corrected chi connectivity index (χ3v) is 4.98. The smallest absolute Gasteiger partial charge is 0.253 e. The van der Waals surface area contributed by atoms with E-state index in [1.165, 1.54) is 0 Å². The molecule has 0 saturated heterocycles. The highest BCUT2D eigenvalue weighted by Gasteiger charge is 2.25. The summed E-state index contributed by atoms with van der Waals surface area (Å²) in [7, 11) is 0. The van der Waals surface area contributed by atoms with E-state index in [0.717, 1.165) is 41.3 Å². The Balaban J connectivity index is 0.000000374. The Bertz CT molecular complexity index is 1020. The minimum atomic E-state index is -0.489. The molecule has 1 aromatic carbocycles. The first-order valence-corrected chi connectivity index (χ1v) is 12.1. The molecule has 1 aromatic rings. The molecule has 34 heavy (non-hydrogen) atoms. The lowest BCUT2D eigenvalue weighted by Crippen LogP contribution is -2.25. The van der Waals surface area contributed by atoms with E-state index in [9.17, 15) is 4.79 Å². The molecule has 0 fully saturated rings. The minimum absolute atomic E-state index is 0.0875. The molecule has 2 aliphatic rings. The quantitative estimate of drug-likeness (QED) is 0.388. The number of amides is 1. The number of hydrogen-bond donors (Lipinski definition) is 2. The molecule has 1 amide bonds. The first-order valence-electron chi connectivity index (χ1n) is 11.2. The minimum Gasteiger partial charge on any atom is -0.361 e. The third-order valence-electron chi connectivity index (χ3n) is 4.67. The van der Waals surface area contributed by atoms with Gasteiger partial charge in [-0.2, -0.15) is 0 Å². The van der Waals surface area contributed by atoms with Crippen molar-refractivity contribution < 1.29 is 9.63 Å². The summed E-state index contributed by atoms with van der Waals surface area (Å²) >= 11 is 0.829. The first kappa shape index (κ1) is 29.0. The average molecular weight is 481 g/mol. The Hall–Kier alpha value is -3.08. The van der Waals surface area contributed by atoms with Gasteiger partial charge in [0, 0.05) is 23.1 Å². The molecule has 0 saturated carbocycles. The van der Waals surface area contributed by atoms with E-state index in [-0.39, 0.29) is 11.3 Å². The predicted octanol–water partition coefficient (Wildman–Crippen LogP) is 6.38. The van der Waals surface area contributed by atoms with Crippen molar-refractivity contribution in [3.8, 4) is 12.3 Å². The first-order chi connectivity index (χ1) is 16.2. The van der Waals surface area contributed by atoms with Crippen molar-refractivity contribution in [2.45, 2.75) is 54.9 Å². The molecule has 3 rings (SSSR count). The molecule has 0 spiro atoms. The van der Waals surface area contributed by atoms with Crippen molar-refractivity contribution in [1.82, 2.24) is 0 Å². The van der Waals surface area contributed by atoms with Crippen LogP contribution in [0.25, 0.3) is 0 Å². The number of nitrogens with zero attached hydrogens (tertiary/aromatic N) is 2. The van der Waals surface area contributed by atoms with E-state index >= 15 is 0 Å². The Morgan fingerprint density at radius 2 is 1.91 bits per heavy atom. The molecule has 1 heterocycles. The number of nitrogens with one attached hydrogen (secondary N) is 1. The lowest BCUT2D eigenvalue weighted by Gasteiger charge is -2.22. The molecule has 1 aliphatic heterocycles. The van der Waals surface area contributed by atoms with Crippen LogP contribution in [0.15, 0.2) is 69.5 Å². The standard InChI is InChI=1S/C16H15N3OS.C9H15NO.C2H6/c1-3-13-14(5-4-6-15(13)19-21-17)16(20)18-12-9-7-11(2)8-10-12;1-7-5-6-8(11-10-7)9(2,3)4;1-2/h1,4-10,13H,17H2,2H3,(H,18,20);6H,5H2,1-4H3;1-2H3/b19-15-;;. The summed E-state index contributed by atoms with van der Waals surface area (Å²) < 4.78 is 4.05. The van der Waals surface area contributed by atoms with E-state index in [0.29, 0.717) is 11.3 Å². The van der Waals surface area contributed by atoms with Gasteiger partial charge in [-0.25, -0.2) is 4.40 Å². The average Bonchev–Trinajstić information content (AvgIpc) is 2.82. The number of allylic oxidation sites excluding steroid dienone is 5. The maximum atomic E-state index is 12.4. The number of rotatable bonds is 3. The topological polar surface area (TPSA) is 89.1 Å². The van der Waals surface area contributed by atoms with Crippen molar-refractivity contribution in [2.24, 2.45) is 26.0 Å². The van der Waals surface area contributed by atoms with E-state index in [1.54, 1.807) is 18.2 Å². The van der Waals surface area contributed by atoms with Gasteiger partial charge < -0.3 is 10.2 Å². The Morgan fingerprint density at radius 1 is 1.26 bits per heavy atom. The van der Waals surface area contributed by atoms with E-state index in [4.69, 9.17) is 16.4 Å². The fraction of sp³-hybridized carbons (Fsp3) is 0.370. The number of aryl methyl sites for hydroxylation is 1. The lowest BCUT2D eigenvalue weighted by molar-refractivity contribution is -0.113. The van der Waals surface area contributed by atoms with Crippen molar-refractivity contribution in [3.05, 3.63) is 65.5 Å². The van der Waals surface area contributed by atoms with Gasteiger partial charge in [0.15, 0.2) is 0 Å². The van der Waals surface area contributed by atoms with Gasteiger partial charge in [-0.05, 0) is 38.1 Å². The third kappa shape index (κ3) is 9.05. The largest absolute Gasteiger partial charge is 0.361 e. The number of nitrogens with two attached hydrogens (primary N) is 1. The second-order valence-corrected chi connectivity index (χ2v) is 8.86. The van der Waals surface area contributed by atoms with Crippen molar-refractivity contribution in [3.63, 3.8) is 0 Å². The number of carbonyl (C=O) groups excluding carboxylic acids is 1. The van der Waals surface area contributed by atoms with Crippen LogP contribution in [0.2, 0.25) is 0 Å². The van der Waals surface area contributed by atoms with E-state index < -0.39 is 5.92 Å². The predicted molar refractivity (Wildman–Crippen MR) is 146 cm³/mol. The van der Waals surface area contributed by atoms with Crippen LogP contribution in [0.4, 0.5) is 5.69 Å². The molecule has 0 bridgehead atoms. The van der Waals surface area contributed by atoms with Gasteiger partial charge in [0.25, 0.3) is 5.91 Å². The van der Waals surface area contributed by atoms with Crippen molar-refractivity contribution in [2.75, 3.05) is 5.32 Å². The normalized spacial score (nSPS) is 17.9. The zero-order valence-corrected chi connectivity index (χ0v) is 22.0. The summed E-state index contributed by atoms with van der Waals surface area (Å²) in [5, 5.41) is 12.1. The number of oxime groups is 1. The summed E-state index contributed by atoms with van der Waals surface area (Å²) in [5.41, 5.74) is 4.06. The number of benzene rings is 1. The summed E-state index contributed by atoms with van der Waals surface area (Å²) in [6.07, 6.45) is 13.8. The zero-order chi connectivity index (χ0) is 25.7. The van der Waals surface area contributed by atoms with Crippen molar-refractivity contribution in [1.29, 1.82) is 0 Å². The number of anilines is 1. The molecule has 182 valence electrons. The molecular formula is C27H36N4O2S. The van der Waals surface area contributed by atoms with Crippen LogP contribution in [-0.4, -0.2) is 17.3 Å². The number of terminal acetylenes is 1. The monoisotopic (exact) mass is 480 g/mol. The second-order valence-electron chi connectivity index (χ2n) is 8.46. The molecule has 3 N–H and O–H groups in total. The van der Waals surface area contributed by atoms with Crippen LogP contribution < -0.4 is 10.5 Å². The summed E-state index contributed by atoms with van der Waals surface area (Å²) in [6.45, 7) is 14.3. The fourth-order valence-electron chi connectivity index (χ4n) is 2.85. The zero-order valence-electron chi connectivity index (χ0n) is 21.2. The Labute approximate surface area is 208 Å². The SMILES string of the molecule is C#CC1C(C(=O)Nc2ccc(C)cc2)=CC=C/C1=N/SN.CC.CC1=NOC(C(C)(C)C)=CC1. The molecule has 7 heteroatoms. The maximum Gasteiger partial charge on any atom is 0.253 e. The number of carbonyl (C=O) groups is 1. The molecule has 1 unspecified atom stereocenters. The van der Waals surface area contributed by atoms with Crippen LogP contribution >= 0.6 is 12.1 Å². The Kier molecular flexibility index (Phi) is 12.1. The maximum absolute atomic E-state index is 12.4. The molecular weight excluding hydrogens is 444 g/mol. The van der Waals surface area contributed by atoms with Crippen LogP contribution in [-0.2, 0) is 9.63 Å². The lowest BCUT2D eigenvalue weighted by atomic mass is 9.90. The summed E-state index contributed by atoms with van der Waals surface area (Å²) in [6, 6.07) is 7.56. The number of hydrogen-bond acceptors (Lipinski definition) is 6. The summed E-state index contributed by atoms with van der Waals surface area (Å²) in [5.74, 6) is 2.84. The van der Waals surface area contributed by atoms with Crippen LogP contribution in [0.3, 0.4) is 0 Å². The second kappa shape index (κ2) is 14.2. The van der Waals surface area contributed by atoms with Crippen molar-refractivity contribution >= 4 is 35.2 Å². The molecule has 1 atom stereocenters. The highest BCUT2D eigenvalue weighted by molar-refractivity contribution is 7.95. The molecule has 0 aromatic heterocycles. The van der Waals surface area contributed by atoms with Crippen LogP contribution in [0.1, 0.15) is 53.5 Å². The highest BCUT2D eigenvalue weighted by Crippen LogP contribution is 2.28. The van der Waals surface area contributed by atoms with Gasteiger partial charge in [-0.15, -0.1) is 6.42 Å². The van der Waals surface area contributed by atoms with E-state index in [1.807, 2.05) is 52.0 Å². The summed E-state index contributed by atoms with van der Waals surface area (Å²) in [4.78, 5) is 17.6. The van der Waals surface area contributed by atoms with Gasteiger partial charge in [0.2, 0.25) is 0 Å². The van der Waals surface area contributed by atoms with Crippen LogP contribution in [0, 0.1) is 30.6 Å². The van der Waals surface area contributed by atoms with Crippen LogP contribution in [0.5, 0.6) is 0 Å². The van der Waals surface area contributed by atoms with Gasteiger partial charge in [0.05, 0.1) is 29.5 Å². The Morgan fingerprint density at radius 3 is 2.41 bits per heavy atom. The van der Waals surface area contributed by atoms with Gasteiger partial charge in [-0.1, -0.05) is 75.5 Å². The molecule has 0 radical (unpaired) electrons. The van der Waals surface area contributed by atoms with E-state index in [2.05, 4.69) is 47.6 Å². The van der Waals surface area contributed by atoms with Gasteiger partial charge in [0.1, 0.15) is 5.76 Å².